The third-order valence-corrected chi connectivity index (χ3v) is 8.53. The summed E-state index contributed by atoms with van der Waals surface area (Å²) in [7, 11) is -3.73. The second-order valence-electron chi connectivity index (χ2n) is 9.87. The normalized spacial score (nSPS) is 14.7. The zero-order valence-corrected chi connectivity index (χ0v) is 23.7. The van der Waals surface area contributed by atoms with Crippen LogP contribution in [0.4, 0.5) is 0 Å². The summed E-state index contributed by atoms with van der Waals surface area (Å²) in [6.45, 7) is 10.1. The number of aromatic nitrogens is 2. The molecule has 1 saturated heterocycles. The minimum Gasteiger partial charge on any atom is -0.379 e. The molecule has 1 aliphatic rings. The van der Waals surface area contributed by atoms with Gasteiger partial charge in [-0.2, -0.15) is 0 Å². The molecule has 1 fully saturated rings. The molecule has 4 rings (SSSR count). The number of carbonyl (C=O) groups excluding carboxylic acids is 1. The second kappa shape index (κ2) is 12.4. The summed E-state index contributed by atoms with van der Waals surface area (Å²) in [5.74, 6) is -0.299. The maximum atomic E-state index is 13.6. The third-order valence-electron chi connectivity index (χ3n) is 6.74. The van der Waals surface area contributed by atoms with Gasteiger partial charge < -0.3 is 14.2 Å². The van der Waals surface area contributed by atoms with Gasteiger partial charge in [0.2, 0.25) is 15.0 Å². The molecule has 0 aliphatic carbocycles. The van der Waals surface area contributed by atoms with Crippen molar-refractivity contribution in [3.8, 4) is 0 Å². The molecule has 10 heteroatoms. The van der Waals surface area contributed by atoms with Gasteiger partial charge in [-0.25, -0.2) is 13.4 Å². The first-order valence-electron chi connectivity index (χ1n) is 12.8. The number of amides is 1. The fourth-order valence-electron chi connectivity index (χ4n) is 4.66. The summed E-state index contributed by atoms with van der Waals surface area (Å²) in [4.78, 5) is 22.0. The van der Waals surface area contributed by atoms with E-state index in [2.05, 4.69) is 9.88 Å². The number of sulfone groups is 1. The number of imidazole rings is 1. The summed E-state index contributed by atoms with van der Waals surface area (Å²) in [5.41, 5.74) is 2.82. The number of morpholine rings is 1. The van der Waals surface area contributed by atoms with Crippen LogP contribution in [0.1, 0.15) is 47.1 Å². The highest BCUT2D eigenvalue weighted by atomic mass is 35.5. The van der Waals surface area contributed by atoms with Crippen molar-refractivity contribution in [1.82, 2.24) is 19.4 Å². The van der Waals surface area contributed by atoms with E-state index in [4.69, 9.17) is 16.3 Å². The van der Waals surface area contributed by atoms with Gasteiger partial charge >= 0.3 is 0 Å². The van der Waals surface area contributed by atoms with Gasteiger partial charge in [0.15, 0.2) is 0 Å². The van der Waals surface area contributed by atoms with E-state index in [-0.39, 0.29) is 29.4 Å². The van der Waals surface area contributed by atoms with Gasteiger partial charge in [-0.1, -0.05) is 41.9 Å². The Morgan fingerprint density at radius 1 is 1.13 bits per heavy atom. The molecule has 0 atom stereocenters. The molecule has 8 nitrogen and oxygen atoms in total. The van der Waals surface area contributed by atoms with Crippen molar-refractivity contribution in [2.75, 3.05) is 39.4 Å². The fourth-order valence-corrected chi connectivity index (χ4v) is 6.55. The van der Waals surface area contributed by atoms with Gasteiger partial charge in [0.1, 0.15) is 0 Å². The molecule has 0 unspecified atom stereocenters. The molecule has 2 heterocycles. The Labute approximate surface area is 230 Å². The summed E-state index contributed by atoms with van der Waals surface area (Å²) >= 11 is 6.18. The SMILES string of the molecule is Cc1ccccc1CS(=O)(=O)c1ncc(CN(CCN2CCOCC2)C(=O)c2cccc(Cl)c2)n1C(C)C. The molecular weight excluding hydrogens is 524 g/mol. The quantitative estimate of drug-likeness (QED) is 0.367. The van der Waals surface area contributed by atoms with E-state index in [1.807, 2.05) is 45.0 Å². The van der Waals surface area contributed by atoms with Crippen molar-refractivity contribution in [2.24, 2.45) is 0 Å². The minimum atomic E-state index is -3.73. The molecule has 1 aliphatic heterocycles. The lowest BCUT2D eigenvalue weighted by atomic mass is 10.1. The van der Waals surface area contributed by atoms with Crippen molar-refractivity contribution in [2.45, 2.75) is 44.3 Å². The Bertz CT molecular complexity index is 1370. The average Bonchev–Trinajstić information content (AvgIpc) is 3.33. The van der Waals surface area contributed by atoms with Gasteiger partial charge in [-0.3, -0.25) is 9.69 Å². The maximum absolute atomic E-state index is 13.6. The Balaban J connectivity index is 1.63. The highest BCUT2D eigenvalue weighted by Crippen LogP contribution is 2.24. The summed E-state index contributed by atoms with van der Waals surface area (Å²) in [5, 5.41) is 0.509. The van der Waals surface area contributed by atoms with Gasteiger partial charge in [-0.05, 0) is 50.1 Å². The monoisotopic (exact) mass is 558 g/mol. The van der Waals surface area contributed by atoms with Crippen molar-refractivity contribution in [3.05, 3.63) is 82.1 Å². The van der Waals surface area contributed by atoms with Gasteiger partial charge in [0.25, 0.3) is 5.91 Å². The summed E-state index contributed by atoms with van der Waals surface area (Å²) in [6, 6.07) is 14.2. The Morgan fingerprint density at radius 2 is 1.87 bits per heavy atom. The average molecular weight is 559 g/mol. The van der Waals surface area contributed by atoms with E-state index in [1.165, 1.54) is 0 Å². The van der Waals surface area contributed by atoms with Gasteiger partial charge in [0.05, 0.1) is 37.4 Å². The van der Waals surface area contributed by atoms with Crippen molar-refractivity contribution < 1.29 is 17.9 Å². The predicted octanol–water partition coefficient (Wildman–Crippen LogP) is 4.37. The molecule has 1 aromatic heterocycles. The molecule has 204 valence electrons. The first-order valence-corrected chi connectivity index (χ1v) is 14.9. The largest absolute Gasteiger partial charge is 0.379 e. The van der Waals surface area contributed by atoms with Crippen LogP contribution in [-0.2, 0) is 26.9 Å². The highest BCUT2D eigenvalue weighted by Gasteiger charge is 2.28. The van der Waals surface area contributed by atoms with E-state index in [1.54, 1.807) is 39.9 Å². The van der Waals surface area contributed by atoms with Crippen LogP contribution < -0.4 is 0 Å². The topological polar surface area (TPSA) is 84.7 Å². The molecule has 0 saturated carbocycles. The molecule has 0 radical (unpaired) electrons. The number of carbonyl (C=O) groups is 1. The van der Waals surface area contributed by atoms with Crippen LogP contribution in [0.25, 0.3) is 0 Å². The summed E-state index contributed by atoms with van der Waals surface area (Å²) < 4.78 is 34.2. The molecule has 1 amide bonds. The number of hydrogen-bond donors (Lipinski definition) is 0. The maximum Gasteiger partial charge on any atom is 0.254 e. The first kappa shape index (κ1) is 28.3. The molecule has 0 N–H and O–H groups in total. The number of halogens is 1. The molecule has 0 bridgehead atoms. The van der Waals surface area contributed by atoms with Crippen LogP contribution in [0, 0.1) is 6.92 Å². The van der Waals surface area contributed by atoms with E-state index in [0.29, 0.717) is 42.6 Å². The van der Waals surface area contributed by atoms with E-state index in [9.17, 15) is 13.2 Å². The van der Waals surface area contributed by atoms with E-state index >= 15 is 0 Å². The van der Waals surface area contributed by atoms with Crippen LogP contribution in [0.3, 0.4) is 0 Å². The van der Waals surface area contributed by atoms with E-state index in [0.717, 1.165) is 24.2 Å². The number of rotatable bonds is 10. The Morgan fingerprint density at radius 3 is 2.55 bits per heavy atom. The molecule has 38 heavy (non-hydrogen) atoms. The zero-order valence-electron chi connectivity index (χ0n) is 22.1. The molecule has 3 aromatic rings. The molecular formula is C28H35ClN4O4S. The molecule has 0 spiro atoms. The number of ether oxygens (including phenoxy) is 1. The van der Waals surface area contributed by atoms with E-state index < -0.39 is 9.84 Å². The van der Waals surface area contributed by atoms with Crippen molar-refractivity contribution >= 4 is 27.3 Å². The standard InChI is InChI=1S/C28H35ClN4O4S/c1-21(2)33-26(18-30-28(33)38(35,36)20-24-8-5-4-7-22(24)3)19-32(12-11-31-13-15-37-16-14-31)27(34)23-9-6-10-25(29)17-23/h4-10,17-18,21H,11-16,19-20H2,1-3H3. The Kier molecular flexibility index (Phi) is 9.25. The predicted molar refractivity (Wildman–Crippen MR) is 148 cm³/mol. The van der Waals surface area contributed by atoms with Gasteiger partial charge in [-0.15, -0.1) is 0 Å². The second-order valence-corrected chi connectivity index (χ2v) is 12.2. The number of aryl methyl sites for hydroxylation is 1. The third kappa shape index (κ3) is 6.83. The van der Waals surface area contributed by atoms with Crippen LogP contribution >= 0.6 is 11.6 Å². The lowest BCUT2D eigenvalue weighted by molar-refractivity contribution is 0.0319. The van der Waals surface area contributed by atoms with Gasteiger partial charge in [0, 0.05) is 42.8 Å². The summed E-state index contributed by atoms with van der Waals surface area (Å²) in [6.07, 6.45) is 1.58. The number of nitrogens with zero attached hydrogens (tertiary/aromatic N) is 4. The van der Waals surface area contributed by atoms with Crippen LogP contribution in [0.5, 0.6) is 0 Å². The number of benzene rings is 2. The molecule has 2 aromatic carbocycles. The lowest BCUT2D eigenvalue weighted by Gasteiger charge is -2.30. The minimum absolute atomic E-state index is 0.0223. The first-order chi connectivity index (χ1) is 18.2. The Hall–Kier alpha value is -2.72. The highest BCUT2D eigenvalue weighted by molar-refractivity contribution is 7.90. The van der Waals surface area contributed by atoms with Crippen LogP contribution in [0.2, 0.25) is 5.02 Å². The smallest absolute Gasteiger partial charge is 0.254 e. The van der Waals surface area contributed by atoms with Crippen molar-refractivity contribution in [3.63, 3.8) is 0 Å². The lowest BCUT2D eigenvalue weighted by Crippen LogP contribution is -2.43. The number of hydrogen-bond acceptors (Lipinski definition) is 6. The van der Waals surface area contributed by atoms with Crippen LogP contribution in [0.15, 0.2) is 59.9 Å². The fraction of sp³-hybridized carbons (Fsp3) is 0.429. The van der Waals surface area contributed by atoms with Crippen molar-refractivity contribution in [1.29, 1.82) is 0 Å². The van der Waals surface area contributed by atoms with Crippen LogP contribution in [-0.4, -0.2) is 73.1 Å². The zero-order chi connectivity index (χ0) is 27.3.